The summed E-state index contributed by atoms with van der Waals surface area (Å²) in [5, 5.41) is 3.49. The van der Waals surface area contributed by atoms with E-state index in [1.54, 1.807) is 0 Å². The second kappa shape index (κ2) is 5.29. The Morgan fingerprint density at radius 2 is 2.11 bits per heavy atom. The fourth-order valence-corrected chi connectivity index (χ4v) is 3.12. The predicted molar refractivity (Wildman–Crippen MR) is 74.1 cm³/mol. The molecule has 18 heavy (non-hydrogen) atoms. The fourth-order valence-electron chi connectivity index (χ4n) is 3.12. The Morgan fingerprint density at radius 3 is 2.89 bits per heavy atom. The Labute approximate surface area is 109 Å². The lowest BCUT2D eigenvalue weighted by molar-refractivity contribution is 0.0819. The third-order valence-corrected chi connectivity index (χ3v) is 4.24. The number of benzene rings is 1. The van der Waals surface area contributed by atoms with Gasteiger partial charge in [-0.1, -0.05) is 12.1 Å². The maximum Gasteiger partial charge on any atom is 0.0605 e. The van der Waals surface area contributed by atoms with E-state index in [1.807, 2.05) is 7.11 Å². The summed E-state index contributed by atoms with van der Waals surface area (Å²) in [6.07, 6.45) is 3.91. The van der Waals surface area contributed by atoms with E-state index >= 15 is 0 Å². The number of anilines is 1. The van der Waals surface area contributed by atoms with Crippen LogP contribution in [-0.4, -0.2) is 32.8 Å². The molecule has 0 amide bonds. The average molecular weight is 246 g/mol. The van der Waals surface area contributed by atoms with E-state index in [4.69, 9.17) is 4.74 Å². The van der Waals surface area contributed by atoms with Crippen molar-refractivity contribution in [3.8, 4) is 0 Å². The molecule has 0 aromatic heterocycles. The topological polar surface area (TPSA) is 24.5 Å². The van der Waals surface area contributed by atoms with Crippen molar-refractivity contribution in [1.82, 2.24) is 5.32 Å². The fraction of sp³-hybridized carbons (Fsp3) is 0.600. The Bertz CT molecular complexity index is 411. The first-order chi connectivity index (χ1) is 8.88. The molecule has 2 heterocycles. The smallest absolute Gasteiger partial charge is 0.0605 e. The summed E-state index contributed by atoms with van der Waals surface area (Å²) in [5.41, 5.74) is 4.48. The van der Waals surface area contributed by atoms with Gasteiger partial charge in [0.2, 0.25) is 0 Å². The molecule has 0 saturated carbocycles. The molecule has 1 aromatic carbocycles. The molecule has 3 nitrogen and oxygen atoms in total. The van der Waals surface area contributed by atoms with Gasteiger partial charge in [-0.3, -0.25) is 0 Å². The second-order valence-electron chi connectivity index (χ2n) is 5.26. The molecule has 0 spiro atoms. The van der Waals surface area contributed by atoms with Crippen LogP contribution < -0.4 is 10.2 Å². The SMILES string of the molecule is COC1CCN(c2cccc3c2CNCC3)CC1. The Hall–Kier alpha value is -1.06. The van der Waals surface area contributed by atoms with E-state index in [-0.39, 0.29) is 0 Å². The van der Waals surface area contributed by atoms with E-state index < -0.39 is 0 Å². The maximum atomic E-state index is 5.45. The van der Waals surface area contributed by atoms with Crippen LogP contribution in [0.4, 0.5) is 5.69 Å². The van der Waals surface area contributed by atoms with Gasteiger partial charge in [-0.2, -0.15) is 0 Å². The van der Waals surface area contributed by atoms with Crippen molar-refractivity contribution in [1.29, 1.82) is 0 Å². The van der Waals surface area contributed by atoms with E-state index in [0.717, 1.165) is 45.4 Å². The highest BCUT2D eigenvalue weighted by molar-refractivity contribution is 5.57. The molecule has 0 unspecified atom stereocenters. The molecule has 0 atom stereocenters. The Kier molecular flexibility index (Phi) is 3.52. The van der Waals surface area contributed by atoms with Gasteiger partial charge in [-0.15, -0.1) is 0 Å². The monoisotopic (exact) mass is 246 g/mol. The number of rotatable bonds is 2. The highest BCUT2D eigenvalue weighted by Crippen LogP contribution is 2.29. The molecule has 3 heteroatoms. The molecule has 2 aliphatic heterocycles. The Balaban J connectivity index is 1.80. The molecule has 0 radical (unpaired) electrons. The summed E-state index contributed by atoms with van der Waals surface area (Å²) in [5.74, 6) is 0. The number of methoxy groups -OCH3 is 1. The van der Waals surface area contributed by atoms with Crippen LogP contribution in [0.5, 0.6) is 0 Å². The van der Waals surface area contributed by atoms with Gasteiger partial charge in [-0.25, -0.2) is 0 Å². The van der Waals surface area contributed by atoms with E-state index in [9.17, 15) is 0 Å². The molecule has 2 aliphatic rings. The number of hydrogen-bond donors (Lipinski definition) is 1. The van der Waals surface area contributed by atoms with E-state index in [2.05, 4.69) is 28.4 Å². The van der Waals surface area contributed by atoms with Crippen LogP contribution in [0, 0.1) is 0 Å². The van der Waals surface area contributed by atoms with Crippen LogP contribution in [0.3, 0.4) is 0 Å². The number of nitrogens with one attached hydrogen (secondary N) is 1. The third-order valence-electron chi connectivity index (χ3n) is 4.24. The molecular formula is C15H22N2O. The lowest BCUT2D eigenvalue weighted by Gasteiger charge is -2.35. The molecule has 98 valence electrons. The molecule has 0 aliphatic carbocycles. The molecule has 1 fully saturated rings. The van der Waals surface area contributed by atoms with Crippen LogP contribution in [0.1, 0.15) is 24.0 Å². The minimum absolute atomic E-state index is 0.457. The van der Waals surface area contributed by atoms with Gasteiger partial charge < -0.3 is 15.0 Å². The highest BCUT2D eigenvalue weighted by Gasteiger charge is 2.22. The van der Waals surface area contributed by atoms with Crippen LogP contribution in [-0.2, 0) is 17.7 Å². The van der Waals surface area contributed by atoms with Crippen molar-refractivity contribution in [2.24, 2.45) is 0 Å². The largest absolute Gasteiger partial charge is 0.381 e. The van der Waals surface area contributed by atoms with Crippen molar-refractivity contribution in [2.75, 3.05) is 31.6 Å². The average Bonchev–Trinajstić information content (AvgIpc) is 2.47. The first kappa shape index (κ1) is 12.0. The van der Waals surface area contributed by atoms with Crippen LogP contribution >= 0.6 is 0 Å². The zero-order chi connectivity index (χ0) is 12.4. The molecule has 3 rings (SSSR count). The highest BCUT2D eigenvalue weighted by atomic mass is 16.5. The summed E-state index contributed by atoms with van der Waals surface area (Å²) in [6, 6.07) is 6.77. The standard InChI is InChI=1S/C15H22N2O/c1-18-13-6-9-17(10-7-13)15-4-2-3-12-5-8-16-11-14(12)15/h2-4,13,16H,5-11H2,1H3. The molecule has 1 N–H and O–H groups in total. The lowest BCUT2D eigenvalue weighted by atomic mass is 9.97. The van der Waals surface area contributed by atoms with Gasteiger partial charge in [0.15, 0.2) is 0 Å². The predicted octanol–water partition coefficient (Wildman–Crippen LogP) is 1.95. The van der Waals surface area contributed by atoms with Crippen molar-refractivity contribution >= 4 is 5.69 Å². The van der Waals surface area contributed by atoms with Crippen LogP contribution in [0.25, 0.3) is 0 Å². The molecule has 1 aromatic rings. The zero-order valence-corrected chi connectivity index (χ0v) is 11.1. The number of nitrogens with zero attached hydrogens (tertiary/aromatic N) is 1. The van der Waals surface area contributed by atoms with Crippen molar-refractivity contribution < 1.29 is 4.74 Å². The van der Waals surface area contributed by atoms with Crippen LogP contribution in [0.2, 0.25) is 0 Å². The van der Waals surface area contributed by atoms with Gasteiger partial charge >= 0.3 is 0 Å². The summed E-state index contributed by atoms with van der Waals surface area (Å²) in [7, 11) is 1.83. The van der Waals surface area contributed by atoms with Gasteiger partial charge in [0.25, 0.3) is 0 Å². The van der Waals surface area contributed by atoms with Gasteiger partial charge in [0, 0.05) is 32.4 Å². The van der Waals surface area contributed by atoms with E-state index in [1.165, 1.54) is 16.8 Å². The molecule has 0 bridgehead atoms. The summed E-state index contributed by atoms with van der Waals surface area (Å²) >= 11 is 0. The lowest BCUT2D eigenvalue weighted by Crippen LogP contribution is -2.38. The first-order valence-electron chi connectivity index (χ1n) is 6.97. The van der Waals surface area contributed by atoms with Crippen molar-refractivity contribution in [2.45, 2.75) is 31.9 Å². The van der Waals surface area contributed by atoms with Crippen molar-refractivity contribution in [3.63, 3.8) is 0 Å². The minimum atomic E-state index is 0.457. The number of ether oxygens (including phenoxy) is 1. The third kappa shape index (κ3) is 2.25. The number of hydrogen-bond acceptors (Lipinski definition) is 3. The van der Waals surface area contributed by atoms with Gasteiger partial charge in [0.1, 0.15) is 0 Å². The minimum Gasteiger partial charge on any atom is -0.381 e. The quantitative estimate of drug-likeness (QED) is 0.863. The van der Waals surface area contributed by atoms with Crippen molar-refractivity contribution in [3.05, 3.63) is 29.3 Å². The van der Waals surface area contributed by atoms with Gasteiger partial charge in [0.05, 0.1) is 6.10 Å². The normalized spacial score (nSPS) is 20.8. The Morgan fingerprint density at radius 1 is 1.28 bits per heavy atom. The zero-order valence-electron chi connectivity index (χ0n) is 11.1. The summed E-state index contributed by atoms with van der Waals surface area (Å²) in [6.45, 7) is 4.38. The van der Waals surface area contributed by atoms with E-state index in [0.29, 0.717) is 6.10 Å². The number of fused-ring (bicyclic) bond motifs is 1. The summed E-state index contributed by atoms with van der Waals surface area (Å²) in [4.78, 5) is 2.53. The number of piperidine rings is 1. The second-order valence-corrected chi connectivity index (χ2v) is 5.26. The molecular weight excluding hydrogens is 224 g/mol. The van der Waals surface area contributed by atoms with Crippen LogP contribution in [0.15, 0.2) is 18.2 Å². The maximum absolute atomic E-state index is 5.45. The molecule has 1 saturated heterocycles. The first-order valence-corrected chi connectivity index (χ1v) is 6.97. The van der Waals surface area contributed by atoms with Gasteiger partial charge in [-0.05, 0) is 43.0 Å². The summed E-state index contributed by atoms with van der Waals surface area (Å²) < 4.78 is 5.45.